The van der Waals surface area contributed by atoms with Gasteiger partial charge in [0.25, 0.3) is 0 Å². The Morgan fingerprint density at radius 3 is 2.82 bits per heavy atom. The lowest BCUT2D eigenvalue weighted by Crippen LogP contribution is -1.86. The first-order chi connectivity index (χ1) is 8.15. The summed E-state index contributed by atoms with van der Waals surface area (Å²) < 4.78 is 28.3. The van der Waals surface area contributed by atoms with Crippen molar-refractivity contribution in [3.8, 4) is 11.3 Å². The Morgan fingerprint density at radius 1 is 1.29 bits per heavy atom. The molecule has 0 bridgehead atoms. The second-order valence-corrected chi connectivity index (χ2v) is 4.62. The van der Waals surface area contributed by atoms with Crippen LogP contribution in [-0.4, -0.2) is 9.38 Å². The Balaban J connectivity index is 2.20. The first kappa shape index (κ1) is 10.4. The van der Waals surface area contributed by atoms with E-state index in [9.17, 15) is 8.78 Å². The van der Waals surface area contributed by atoms with Crippen molar-refractivity contribution in [2.24, 2.45) is 0 Å². The highest BCUT2D eigenvalue weighted by atomic mass is 32.1. The average molecular weight is 250 g/mol. The highest BCUT2D eigenvalue weighted by Gasteiger charge is 2.11. The fourth-order valence-electron chi connectivity index (χ4n) is 1.72. The van der Waals surface area contributed by atoms with E-state index in [2.05, 4.69) is 4.98 Å². The third-order valence-corrected chi connectivity index (χ3v) is 3.55. The first-order valence-electron chi connectivity index (χ1n) is 5.04. The van der Waals surface area contributed by atoms with Gasteiger partial charge in [-0.2, -0.15) is 0 Å². The minimum atomic E-state index is -0.589. The maximum Gasteiger partial charge on any atom is 0.194 e. The van der Waals surface area contributed by atoms with Gasteiger partial charge in [0.05, 0.1) is 5.69 Å². The maximum absolute atomic E-state index is 13.6. The summed E-state index contributed by atoms with van der Waals surface area (Å²) in [6.07, 6.45) is 1.76. The third-order valence-electron chi connectivity index (χ3n) is 2.60. The molecule has 0 saturated heterocycles. The zero-order valence-electron chi connectivity index (χ0n) is 8.95. The highest BCUT2D eigenvalue weighted by Crippen LogP contribution is 2.25. The number of nitrogens with zero attached hydrogens (tertiary/aromatic N) is 2. The zero-order chi connectivity index (χ0) is 12.0. The van der Waals surface area contributed by atoms with E-state index in [0.29, 0.717) is 11.3 Å². The smallest absolute Gasteiger partial charge is 0.194 e. The highest BCUT2D eigenvalue weighted by molar-refractivity contribution is 7.15. The summed E-state index contributed by atoms with van der Waals surface area (Å²) in [6, 6.07) is 3.51. The van der Waals surface area contributed by atoms with Gasteiger partial charge in [0.15, 0.2) is 4.96 Å². The minimum Gasteiger partial charge on any atom is -0.294 e. The minimum absolute atomic E-state index is 0.321. The number of hydrogen-bond acceptors (Lipinski definition) is 2. The molecular weight excluding hydrogens is 242 g/mol. The Morgan fingerprint density at radius 2 is 2.12 bits per heavy atom. The molecule has 86 valence electrons. The standard InChI is InChI=1S/C12H8F2N2S/c1-7-6-17-12-15-11(5-16(7)12)9-3-2-8(13)4-10(9)14/h2-6H,1H3. The predicted octanol–water partition coefficient (Wildman–Crippen LogP) is 3.65. The van der Waals surface area contributed by atoms with Crippen molar-refractivity contribution in [1.82, 2.24) is 9.38 Å². The fraction of sp³-hybridized carbons (Fsp3) is 0.0833. The van der Waals surface area contributed by atoms with E-state index in [1.807, 2.05) is 16.7 Å². The lowest BCUT2D eigenvalue weighted by molar-refractivity contribution is 0.585. The average Bonchev–Trinajstić information content (AvgIpc) is 2.81. The van der Waals surface area contributed by atoms with Gasteiger partial charge in [-0.25, -0.2) is 13.8 Å². The van der Waals surface area contributed by atoms with E-state index in [1.54, 1.807) is 6.20 Å². The molecule has 1 aromatic carbocycles. The van der Waals surface area contributed by atoms with E-state index in [4.69, 9.17) is 0 Å². The molecule has 2 nitrogen and oxygen atoms in total. The Labute approximate surface area is 100 Å². The summed E-state index contributed by atoms with van der Waals surface area (Å²) in [5, 5.41) is 1.98. The summed E-state index contributed by atoms with van der Waals surface area (Å²) in [7, 11) is 0. The fourth-order valence-corrected chi connectivity index (χ4v) is 2.57. The second-order valence-electron chi connectivity index (χ2n) is 3.78. The van der Waals surface area contributed by atoms with Crippen molar-refractivity contribution in [3.63, 3.8) is 0 Å². The van der Waals surface area contributed by atoms with Gasteiger partial charge in [-0.15, -0.1) is 11.3 Å². The molecule has 0 aliphatic carbocycles. The molecule has 0 aliphatic heterocycles. The quantitative estimate of drug-likeness (QED) is 0.644. The van der Waals surface area contributed by atoms with Crippen molar-refractivity contribution in [1.29, 1.82) is 0 Å². The number of aryl methyl sites for hydroxylation is 1. The summed E-state index contributed by atoms with van der Waals surface area (Å²) in [6.45, 7) is 1.95. The van der Waals surface area contributed by atoms with E-state index in [0.717, 1.165) is 16.7 Å². The van der Waals surface area contributed by atoms with Crippen molar-refractivity contribution in [2.75, 3.05) is 0 Å². The van der Waals surface area contributed by atoms with Crippen LogP contribution in [0.2, 0.25) is 0 Å². The molecule has 3 aromatic rings. The molecular formula is C12H8F2N2S. The number of rotatable bonds is 1. The van der Waals surface area contributed by atoms with Crippen LogP contribution in [0.4, 0.5) is 8.78 Å². The molecule has 0 atom stereocenters. The van der Waals surface area contributed by atoms with Crippen LogP contribution in [0.15, 0.2) is 29.8 Å². The van der Waals surface area contributed by atoms with Crippen LogP contribution in [-0.2, 0) is 0 Å². The van der Waals surface area contributed by atoms with Crippen LogP contribution >= 0.6 is 11.3 Å². The SMILES string of the molecule is Cc1csc2nc(-c3ccc(F)cc3F)cn12. The van der Waals surface area contributed by atoms with E-state index < -0.39 is 11.6 Å². The van der Waals surface area contributed by atoms with Gasteiger partial charge >= 0.3 is 0 Å². The van der Waals surface area contributed by atoms with Crippen LogP contribution in [0.3, 0.4) is 0 Å². The van der Waals surface area contributed by atoms with Crippen molar-refractivity contribution < 1.29 is 8.78 Å². The summed E-state index contributed by atoms with van der Waals surface area (Å²) in [5.41, 5.74) is 1.89. The topological polar surface area (TPSA) is 17.3 Å². The van der Waals surface area contributed by atoms with Crippen molar-refractivity contribution in [3.05, 3.63) is 47.1 Å². The lowest BCUT2D eigenvalue weighted by atomic mass is 10.1. The largest absolute Gasteiger partial charge is 0.294 e. The monoisotopic (exact) mass is 250 g/mol. The molecule has 0 radical (unpaired) electrons. The molecule has 5 heteroatoms. The molecule has 0 unspecified atom stereocenters. The molecule has 0 aliphatic rings. The first-order valence-corrected chi connectivity index (χ1v) is 5.92. The summed E-state index contributed by atoms with van der Waals surface area (Å²) in [4.78, 5) is 5.12. The van der Waals surface area contributed by atoms with Crippen LogP contribution < -0.4 is 0 Å². The predicted molar refractivity (Wildman–Crippen MR) is 63.2 cm³/mol. The lowest BCUT2D eigenvalue weighted by Gasteiger charge is -1.98. The van der Waals surface area contributed by atoms with Crippen LogP contribution in [0, 0.1) is 18.6 Å². The molecule has 0 amide bonds. The molecule has 0 fully saturated rings. The van der Waals surface area contributed by atoms with E-state index >= 15 is 0 Å². The molecule has 3 rings (SSSR count). The normalized spacial score (nSPS) is 11.2. The Kier molecular flexibility index (Phi) is 2.22. The zero-order valence-corrected chi connectivity index (χ0v) is 9.76. The number of halogens is 2. The van der Waals surface area contributed by atoms with Crippen molar-refractivity contribution in [2.45, 2.75) is 6.92 Å². The van der Waals surface area contributed by atoms with Gasteiger partial charge in [-0.1, -0.05) is 0 Å². The number of hydrogen-bond donors (Lipinski definition) is 0. The van der Waals surface area contributed by atoms with Gasteiger partial charge < -0.3 is 0 Å². The van der Waals surface area contributed by atoms with Gasteiger partial charge in [-0.05, 0) is 19.1 Å². The second kappa shape index (κ2) is 3.63. The van der Waals surface area contributed by atoms with Crippen LogP contribution in [0.25, 0.3) is 16.2 Å². The van der Waals surface area contributed by atoms with E-state index in [1.165, 1.54) is 23.5 Å². The maximum atomic E-state index is 13.6. The summed E-state index contributed by atoms with van der Waals surface area (Å²) in [5.74, 6) is -1.17. The Hall–Kier alpha value is -1.75. The van der Waals surface area contributed by atoms with Crippen LogP contribution in [0.1, 0.15) is 5.69 Å². The molecule has 17 heavy (non-hydrogen) atoms. The Bertz CT molecular complexity index is 700. The van der Waals surface area contributed by atoms with Gasteiger partial charge in [-0.3, -0.25) is 4.40 Å². The molecule has 0 N–H and O–H groups in total. The number of thiazole rings is 1. The molecule has 2 heterocycles. The van der Waals surface area contributed by atoms with E-state index in [-0.39, 0.29) is 0 Å². The molecule has 0 saturated carbocycles. The molecule has 2 aromatic heterocycles. The van der Waals surface area contributed by atoms with Crippen LogP contribution in [0.5, 0.6) is 0 Å². The third kappa shape index (κ3) is 1.63. The van der Waals surface area contributed by atoms with Crippen molar-refractivity contribution >= 4 is 16.3 Å². The number of benzene rings is 1. The number of fused-ring (bicyclic) bond motifs is 1. The van der Waals surface area contributed by atoms with Gasteiger partial charge in [0.1, 0.15) is 11.6 Å². The van der Waals surface area contributed by atoms with Gasteiger partial charge in [0, 0.05) is 28.9 Å². The molecule has 0 spiro atoms. The number of imidazole rings is 1. The summed E-state index contributed by atoms with van der Waals surface area (Å²) >= 11 is 1.49. The van der Waals surface area contributed by atoms with Gasteiger partial charge in [0.2, 0.25) is 0 Å². The number of aromatic nitrogens is 2.